The van der Waals surface area contributed by atoms with Gasteiger partial charge in [0.2, 0.25) is 0 Å². The van der Waals surface area contributed by atoms with Crippen LogP contribution in [0.15, 0.2) is 28.9 Å². The van der Waals surface area contributed by atoms with Crippen molar-refractivity contribution in [2.45, 2.75) is 0 Å². The summed E-state index contributed by atoms with van der Waals surface area (Å²) in [4.78, 5) is 4.26. The molecule has 0 fully saturated rings. The van der Waals surface area contributed by atoms with Gasteiger partial charge in [-0.2, -0.15) is 0 Å². The number of allylic oxidation sites excluding steroid dienone is 1. The molecule has 10 heavy (non-hydrogen) atoms. The molecule has 0 spiro atoms. The zero-order chi connectivity index (χ0) is 6.81. The average molecular weight is 134 g/mol. The summed E-state index contributed by atoms with van der Waals surface area (Å²) >= 11 is 0. The molecule has 1 N–H and O–H groups in total. The highest BCUT2D eigenvalue weighted by molar-refractivity contribution is 5.74. The van der Waals surface area contributed by atoms with E-state index < -0.39 is 0 Å². The Morgan fingerprint density at radius 2 is 2.60 bits per heavy atom. The van der Waals surface area contributed by atoms with Crippen molar-refractivity contribution in [2.24, 2.45) is 10.9 Å². The molecule has 2 rings (SSSR count). The molecule has 1 atom stereocenters. The highest BCUT2D eigenvalue weighted by Crippen LogP contribution is 2.18. The molecular weight excluding hydrogens is 124 g/mol. The molecular formula is C8H10N2. The Balaban J connectivity index is 2.27. The summed E-state index contributed by atoms with van der Waals surface area (Å²) in [7, 11) is 0. The minimum atomic E-state index is 0.527. The van der Waals surface area contributed by atoms with E-state index in [1.807, 2.05) is 12.3 Å². The topological polar surface area (TPSA) is 24.4 Å². The van der Waals surface area contributed by atoms with Crippen molar-refractivity contribution < 1.29 is 0 Å². The van der Waals surface area contributed by atoms with Crippen molar-refractivity contribution in [1.82, 2.24) is 5.32 Å². The molecule has 2 heterocycles. The summed E-state index contributed by atoms with van der Waals surface area (Å²) < 4.78 is 0. The first kappa shape index (κ1) is 5.86. The van der Waals surface area contributed by atoms with E-state index in [4.69, 9.17) is 0 Å². The third-order valence-corrected chi connectivity index (χ3v) is 1.85. The SMILES string of the molecule is C1=CC2CNCC=C2N=C1. The third-order valence-electron chi connectivity index (χ3n) is 1.85. The Morgan fingerprint density at radius 3 is 3.50 bits per heavy atom. The van der Waals surface area contributed by atoms with Gasteiger partial charge in [-0.25, -0.2) is 0 Å². The summed E-state index contributed by atoms with van der Waals surface area (Å²) in [5.74, 6) is 0.527. The zero-order valence-electron chi connectivity index (χ0n) is 5.75. The molecule has 2 nitrogen and oxygen atoms in total. The predicted molar refractivity (Wildman–Crippen MR) is 42.1 cm³/mol. The van der Waals surface area contributed by atoms with Crippen molar-refractivity contribution in [3.63, 3.8) is 0 Å². The minimum absolute atomic E-state index is 0.527. The van der Waals surface area contributed by atoms with Crippen molar-refractivity contribution in [3.05, 3.63) is 23.9 Å². The minimum Gasteiger partial charge on any atom is -0.312 e. The van der Waals surface area contributed by atoms with Crippen LogP contribution in [-0.4, -0.2) is 19.3 Å². The number of rotatable bonds is 0. The van der Waals surface area contributed by atoms with Gasteiger partial charge in [-0.3, -0.25) is 4.99 Å². The Kier molecular flexibility index (Phi) is 1.40. The number of dihydropyridines is 1. The van der Waals surface area contributed by atoms with E-state index in [0.29, 0.717) is 5.92 Å². The van der Waals surface area contributed by atoms with E-state index in [1.165, 1.54) is 5.70 Å². The standard InChI is InChI=1S/C8H10N2/c1-2-7-6-9-5-3-8(7)10-4-1/h1-4,7,9H,5-6H2. The predicted octanol–water partition coefficient (Wildman–Crippen LogP) is 0.730. The van der Waals surface area contributed by atoms with Gasteiger partial charge in [0.1, 0.15) is 0 Å². The third kappa shape index (κ3) is 0.907. The molecule has 0 saturated heterocycles. The van der Waals surface area contributed by atoms with Crippen molar-refractivity contribution >= 4 is 6.21 Å². The van der Waals surface area contributed by atoms with Crippen LogP contribution in [0.4, 0.5) is 0 Å². The van der Waals surface area contributed by atoms with E-state index >= 15 is 0 Å². The van der Waals surface area contributed by atoms with Gasteiger partial charge in [0.15, 0.2) is 0 Å². The van der Waals surface area contributed by atoms with Crippen LogP contribution in [0.1, 0.15) is 0 Å². The van der Waals surface area contributed by atoms with Gasteiger partial charge >= 0.3 is 0 Å². The van der Waals surface area contributed by atoms with E-state index in [2.05, 4.69) is 22.5 Å². The largest absolute Gasteiger partial charge is 0.312 e. The van der Waals surface area contributed by atoms with E-state index in [1.54, 1.807) is 0 Å². The van der Waals surface area contributed by atoms with Crippen molar-refractivity contribution in [3.8, 4) is 0 Å². The lowest BCUT2D eigenvalue weighted by Crippen LogP contribution is -2.28. The van der Waals surface area contributed by atoms with Crippen LogP contribution >= 0.6 is 0 Å². The lowest BCUT2D eigenvalue weighted by atomic mass is 10.0. The molecule has 0 radical (unpaired) electrons. The first-order valence-electron chi connectivity index (χ1n) is 3.58. The van der Waals surface area contributed by atoms with Crippen LogP contribution in [0.3, 0.4) is 0 Å². The van der Waals surface area contributed by atoms with E-state index in [9.17, 15) is 0 Å². The Morgan fingerprint density at radius 1 is 1.60 bits per heavy atom. The molecule has 0 aromatic carbocycles. The molecule has 0 aliphatic carbocycles. The van der Waals surface area contributed by atoms with E-state index in [-0.39, 0.29) is 0 Å². The molecule has 0 aromatic heterocycles. The smallest absolute Gasteiger partial charge is 0.0457 e. The molecule has 0 bridgehead atoms. The van der Waals surface area contributed by atoms with Crippen LogP contribution < -0.4 is 5.32 Å². The number of hydrogen-bond acceptors (Lipinski definition) is 2. The monoisotopic (exact) mass is 134 g/mol. The number of hydrogen-bond donors (Lipinski definition) is 1. The Bertz CT molecular complexity index is 213. The average Bonchev–Trinajstić information content (AvgIpc) is 2.05. The molecule has 0 aromatic rings. The fraction of sp³-hybridized carbons (Fsp3) is 0.375. The van der Waals surface area contributed by atoms with Crippen LogP contribution in [0.2, 0.25) is 0 Å². The van der Waals surface area contributed by atoms with Gasteiger partial charge in [-0.1, -0.05) is 6.08 Å². The van der Waals surface area contributed by atoms with Gasteiger partial charge in [-0.05, 0) is 12.2 Å². The molecule has 0 saturated carbocycles. The highest BCUT2D eigenvalue weighted by Gasteiger charge is 2.14. The second kappa shape index (κ2) is 2.39. The summed E-state index contributed by atoms with van der Waals surface area (Å²) in [5.41, 5.74) is 1.22. The normalized spacial score (nSPS) is 29.6. The van der Waals surface area contributed by atoms with Crippen LogP contribution in [0, 0.1) is 5.92 Å². The van der Waals surface area contributed by atoms with Crippen LogP contribution in [-0.2, 0) is 0 Å². The highest BCUT2D eigenvalue weighted by atomic mass is 14.9. The number of nitrogens with zero attached hydrogens (tertiary/aromatic N) is 1. The summed E-state index contributed by atoms with van der Waals surface area (Å²) in [6.07, 6.45) is 8.20. The summed E-state index contributed by atoms with van der Waals surface area (Å²) in [5, 5.41) is 3.28. The van der Waals surface area contributed by atoms with Gasteiger partial charge in [0.05, 0.1) is 0 Å². The maximum atomic E-state index is 4.26. The van der Waals surface area contributed by atoms with Gasteiger partial charge in [-0.15, -0.1) is 0 Å². The van der Waals surface area contributed by atoms with Gasteiger partial charge in [0.25, 0.3) is 0 Å². The second-order valence-electron chi connectivity index (χ2n) is 2.56. The van der Waals surface area contributed by atoms with Gasteiger partial charge < -0.3 is 5.32 Å². The zero-order valence-corrected chi connectivity index (χ0v) is 5.75. The molecule has 2 aliphatic rings. The maximum Gasteiger partial charge on any atom is 0.0457 e. The number of nitrogens with one attached hydrogen (secondary N) is 1. The quantitative estimate of drug-likeness (QED) is 0.519. The van der Waals surface area contributed by atoms with Crippen LogP contribution in [0.25, 0.3) is 0 Å². The molecule has 0 amide bonds. The van der Waals surface area contributed by atoms with Crippen molar-refractivity contribution in [1.29, 1.82) is 0 Å². The maximum absolute atomic E-state index is 4.26. The second-order valence-corrected chi connectivity index (χ2v) is 2.56. The lowest BCUT2D eigenvalue weighted by Gasteiger charge is -2.20. The number of aliphatic imine (C=N–C) groups is 1. The van der Waals surface area contributed by atoms with Gasteiger partial charge in [0, 0.05) is 30.9 Å². The summed E-state index contributed by atoms with van der Waals surface area (Å²) in [6, 6.07) is 0. The first-order valence-corrected chi connectivity index (χ1v) is 3.58. The first-order chi connectivity index (χ1) is 4.97. The van der Waals surface area contributed by atoms with E-state index in [0.717, 1.165) is 13.1 Å². The Hall–Kier alpha value is -0.890. The molecule has 52 valence electrons. The fourth-order valence-corrected chi connectivity index (χ4v) is 1.30. The summed E-state index contributed by atoms with van der Waals surface area (Å²) in [6.45, 7) is 2.01. The fourth-order valence-electron chi connectivity index (χ4n) is 1.30. The Labute approximate surface area is 60.3 Å². The van der Waals surface area contributed by atoms with Crippen molar-refractivity contribution in [2.75, 3.05) is 13.1 Å². The molecule has 1 unspecified atom stereocenters. The van der Waals surface area contributed by atoms with Crippen LogP contribution in [0.5, 0.6) is 0 Å². The molecule has 2 aliphatic heterocycles. The number of fused-ring (bicyclic) bond motifs is 1. The lowest BCUT2D eigenvalue weighted by molar-refractivity contribution is 0.604. The molecule has 2 heteroatoms.